The highest BCUT2D eigenvalue weighted by Crippen LogP contribution is 2.26. The lowest BCUT2D eigenvalue weighted by Crippen LogP contribution is -2.49. The fraction of sp³-hybridized carbons (Fsp3) is 0.417. The largest absolute Gasteiger partial charge is 0.484 e. The van der Waals surface area contributed by atoms with E-state index in [2.05, 4.69) is 21.2 Å². The second kappa shape index (κ2) is 11.2. The number of hydrogen-bond donors (Lipinski definition) is 1. The molecule has 162 valence electrons. The lowest BCUT2D eigenvalue weighted by atomic mass is 10.1. The van der Waals surface area contributed by atoms with Gasteiger partial charge in [0.2, 0.25) is 5.91 Å². The highest BCUT2D eigenvalue weighted by Gasteiger charge is 2.26. The zero-order chi connectivity index (χ0) is 22.3. The molecule has 0 radical (unpaired) electrons. The van der Waals surface area contributed by atoms with Crippen molar-refractivity contribution in [2.24, 2.45) is 5.92 Å². The van der Waals surface area contributed by atoms with E-state index in [4.69, 9.17) is 4.74 Å². The molecular weight excluding hydrogens is 444 g/mol. The molecule has 0 bridgehead atoms. The van der Waals surface area contributed by atoms with Gasteiger partial charge in [0.05, 0.1) is 0 Å². The Morgan fingerprint density at radius 3 is 2.23 bits per heavy atom. The van der Waals surface area contributed by atoms with Crippen molar-refractivity contribution in [3.05, 3.63) is 63.6 Å². The van der Waals surface area contributed by atoms with Gasteiger partial charge < -0.3 is 15.0 Å². The standard InChI is InChI=1S/C24H31BrN2O3/c1-16(2)13-26-24(29)19(5)27(14-20-9-7-6-8-10-20)22(28)15-30-21-11-17(3)23(25)18(4)12-21/h6-12,16,19H,13-15H2,1-5H3,(H,26,29). The zero-order valence-electron chi connectivity index (χ0n) is 18.4. The van der Waals surface area contributed by atoms with Crippen molar-refractivity contribution < 1.29 is 14.3 Å². The van der Waals surface area contributed by atoms with Crippen molar-refractivity contribution in [2.75, 3.05) is 13.2 Å². The molecule has 0 fully saturated rings. The Bertz CT molecular complexity index is 845. The van der Waals surface area contributed by atoms with Crippen LogP contribution in [0, 0.1) is 19.8 Å². The molecule has 5 nitrogen and oxygen atoms in total. The molecule has 1 atom stereocenters. The van der Waals surface area contributed by atoms with Crippen LogP contribution in [0.5, 0.6) is 5.75 Å². The fourth-order valence-corrected chi connectivity index (χ4v) is 3.26. The van der Waals surface area contributed by atoms with Crippen LogP contribution < -0.4 is 10.1 Å². The molecule has 0 aromatic heterocycles. The summed E-state index contributed by atoms with van der Waals surface area (Å²) in [5, 5.41) is 2.92. The molecule has 1 unspecified atom stereocenters. The molecule has 6 heteroatoms. The number of benzene rings is 2. The summed E-state index contributed by atoms with van der Waals surface area (Å²) in [4.78, 5) is 27.3. The maximum atomic E-state index is 13.1. The van der Waals surface area contributed by atoms with E-state index in [0.29, 0.717) is 24.8 Å². The molecule has 0 aliphatic heterocycles. The SMILES string of the molecule is Cc1cc(OCC(=O)N(Cc2ccccc2)C(C)C(=O)NCC(C)C)cc(C)c1Br. The Balaban J connectivity index is 2.14. The molecule has 30 heavy (non-hydrogen) atoms. The van der Waals surface area contributed by atoms with Crippen LogP contribution in [0.1, 0.15) is 37.5 Å². The molecule has 0 heterocycles. The van der Waals surface area contributed by atoms with Crippen LogP contribution in [-0.2, 0) is 16.1 Å². The van der Waals surface area contributed by atoms with Crippen LogP contribution >= 0.6 is 15.9 Å². The Hall–Kier alpha value is -2.34. The van der Waals surface area contributed by atoms with Gasteiger partial charge in [0, 0.05) is 17.6 Å². The summed E-state index contributed by atoms with van der Waals surface area (Å²) < 4.78 is 6.82. The Labute approximate surface area is 187 Å². The van der Waals surface area contributed by atoms with Gasteiger partial charge in [-0.15, -0.1) is 0 Å². The van der Waals surface area contributed by atoms with Crippen LogP contribution in [0.15, 0.2) is 46.9 Å². The Kier molecular flexibility index (Phi) is 8.90. The number of carbonyl (C=O) groups excluding carboxylic acids is 2. The highest BCUT2D eigenvalue weighted by atomic mass is 79.9. The summed E-state index contributed by atoms with van der Waals surface area (Å²) in [5.41, 5.74) is 3.05. The lowest BCUT2D eigenvalue weighted by Gasteiger charge is -2.29. The van der Waals surface area contributed by atoms with Gasteiger partial charge >= 0.3 is 0 Å². The van der Waals surface area contributed by atoms with Crippen molar-refractivity contribution >= 4 is 27.7 Å². The first-order valence-corrected chi connectivity index (χ1v) is 11.0. The summed E-state index contributed by atoms with van der Waals surface area (Å²) in [5.74, 6) is 0.581. The van der Waals surface area contributed by atoms with Gasteiger partial charge in [0.1, 0.15) is 11.8 Å². The van der Waals surface area contributed by atoms with E-state index < -0.39 is 6.04 Å². The van der Waals surface area contributed by atoms with E-state index in [1.165, 1.54) is 0 Å². The maximum absolute atomic E-state index is 13.1. The average Bonchev–Trinajstić information content (AvgIpc) is 2.72. The first kappa shape index (κ1) is 23.9. The van der Waals surface area contributed by atoms with E-state index in [-0.39, 0.29) is 18.4 Å². The van der Waals surface area contributed by atoms with Crippen LogP contribution in [0.3, 0.4) is 0 Å². The second-order valence-electron chi connectivity index (χ2n) is 7.98. The smallest absolute Gasteiger partial charge is 0.261 e. The highest BCUT2D eigenvalue weighted by molar-refractivity contribution is 9.10. The number of rotatable bonds is 9. The molecule has 2 aromatic carbocycles. The van der Waals surface area contributed by atoms with Gasteiger partial charge in [-0.05, 0) is 55.5 Å². The van der Waals surface area contributed by atoms with Crippen LogP contribution in [0.4, 0.5) is 0 Å². The molecule has 2 rings (SSSR count). The lowest BCUT2D eigenvalue weighted by molar-refractivity contribution is -0.142. The average molecular weight is 475 g/mol. The predicted octanol–water partition coefficient (Wildman–Crippen LogP) is 4.63. The Morgan fingerprint density at radius 2 is 1.67 bits per heavy atom. The minimum Gasteiger partial charge on any atom is -0.484 e. The van der Waals surface area contributed by atoms with E-state index in [1.54, 1.807) is 11.8 Å². The summed E-state index contributed by atoms with van der Waals surface area (Å²) in [6.45, 7) is 10.6. The third kappa shape index (κ3) is 6.87. The van der Waals surface area contributed by atoms with Gasteiger partial charge in [0.25, 0.3) is 5.91 Å². The molecule has 0 saturated carbocycles. The number of nitrogens with zero attached hydrogens (tertiary/aromatic N) is 1. The third-order valence-electron chi connectivity index (χ3n) is 4.82. The van der Waals surface area contributed by atoms with E-state index in [1.807, 2.05) is 70.2 Å². The van der Waals surface area contributed by atoms with Crippen molar-refractivity contribution in [2.45, 2.75) is 47.2 Å². The van der Waals surface area contributed by atoms with Gasteiger partial charge in [-0.1, -0.05) is 60.1 Å². The molecule has 1 N–H and O–H groups in total. The molecule has 0 saturated heterocycles. The van der Waals surface area contributed by atoms with Crippen LogP contribution in [-0.4, -0.2) is 35.9 Å². The predicted molar refractivity (Wildman–Crippen MR) is 123 cm³/mol. The topological polar surface area (TPSA) is 58.6 Å². The number of nitrogens with one attached hydrogen (secondary N) is 1. The molecule has 2 aromatic rings. The van der Waals surface area contributed by atoms with Gasteiger partial charge in [-0.25, -0.2) is 0 Å². The van der Waals surface area contributed by atoms with Gasteiger partial charge in [-0.2, -0.15) is 0 Å². The quantitative estimate of drug-likeness (QED) is 0.575. The number of halogens is 1. The van der Waals surface area contributed by atoms with Crippen LogP contribution in [0.25, 0.3) is 0 Å². The van der Waals surface area contributed by atoms with Crippen molar-refractivity contribution in [3.63, 3.8) is 0 Å². The molecule has 0 aliphatic carbocycles. The normalized spacial score (nSPS) is 11.8. The second-order valence-corrected chi connectivity index (χ2v) is 8.77. The van der Waals surface area contributed by atoms with Crippen molar-refractivity contribution in [3.8, 4) is 5.75 Å². The molecule has 2 amide bonds. The van der Waals surface area contributed by atoms with Crippen molar-refractivity contribution in [1.82, 2.24) is 10.2 Å². The number of ether oxygens (including phenoxy) is 1. The molecule has 0 aliphatic rings. The van der Waals surface area contributed by atoms with Gasteiger partial charge in [0.15, 0.2) is 6.61 Å². The maximum Gasteiger partial charge on any atom is 0.261 e. The minimum absolute atomic E-state index is 0.130. The minimum atomic E-state index is -0.603. The summed E-state index contributed by atoms with van der Waals surface area (Å²) in [6.07, 6.45) is 0. The Morgan fingerprint density at radius 1 is 1.07 bits per heavy atom. The number of hydrogen-bond acceptors (Lipinski definition) is 3. The van der Waals surface area contributed by atoms with E-state index >= 15 is 0 Å². The molecule has 0 spiro atoms. The monoisotopic (exact) mass is 474 g/mol. The number of carbonyl (C=O) groups is 2. The zero-order valence-corrected chi connectivity index (χ0v) is 20.0. The first-order valence-electron chi connectivity index (χ1n) is 10.2. The fourth-order valence-electron chi connectivity index (χ4n) is 3.03. The van der Waals surface area contributed by atoms with Gasteiger partial charge in [-0.3, -0.25) is 9.59 Å². The summed E-state index contributed by atoms with van der Waals surface area (Å²) in [6, 6.07) is 12.8. The first-order chi connectivity index (χ1) is 14.2. The van der Waals surface area contributed by atoms with E-state index in [0.717, 1.165) is 21.2 Å². The molecular formula is C24H31BrN2O3. The number of amides is 2. The third-order valence-corrected chi connectivity index (χ3v) is 6.07. The summed E-state index contributed by atoms with van der Waals surface area (Å²) in [7, 11) is 0. The van der Waals surface area contributed by atoms with Crippen LogP contribution in [0.2, 0.25) is 0 Å². The van der Waals surface area contributed by atoms with E-state index in [9.17, 15) is 9.59 Å². The number of aryl methyl sites for hydroxylation is 2. The summed E-state index contributed by atoms with van der Waals surface area (Å²) >= 11 is 3.54. The van der Waals surface area contributed by atoms with Crippen molar-refractivity contribution in [1.29, 1.82) is 0 Å².